The second-order valence-electron chi connectivity index (χ2n) is 4.63. The maximum atomic E-state index is 11.1. The Balaban J connectivity index is 2.04. The lowest BCUT2D eigenvalue weighted by Crippen LogP contribution is -2.42. The summed E-state index contributed by atoms with van der Waals surface area (Å²) in [4.78, 5) is 6.32. The summed E-state index contributed by atoms with van der Waals surface area (Å²) in [5, 5.41) is 3.11. The quantitative estimate of drug-likeness (QED) is 0.653. The van der Waals surface area contributed by atoms with Crippen molar-refractivity contribution in [1.82, 2.24) is 5.32 Å². The van der Waals surface area contributed by atoms with Crippen LogP contribution in [0.15, 0.2) is 29.3 Å². The standard InChI is InChI=1S/C13H19N3O2S/c1-14-13(15-8-10-19(2,17)18)16-9-7-11-5-3-4-6-12(11)16/h3-6H,7-10H2,1-2H3,(H,14,15). The fourth-order valence-corrected chi connectivity index (χ4v) is 2.67. The Kier molecular flexibility index (Phi) is 4.09. The van der Waals surface area contributed by atoms with E-state index in [2.05, 4.69) is 27.3 Å². The molecule has 19 heavy (non-hydrogen) atoms. The van der Waals surface area contributed by atoms with Crippen molar-refractivity contribution in [1.29, 1.82) is 0 Å². The van der Waals surface area contributed by atoms with Gasteiger partial charge in [0.15, 0.2) is 5.96 Å². The smallest absolute Gasteiger partial charge is 0.198 e. The Hall–Kier alpha value is -1.56. The Morgan fingerprint density at radius 3 is 2.84 bits per heavy atom. The average Bonchev–Trinajstić information content (AvgIpc) is 2.77. The van der Waals surface area contributed by atoms with Crippen molar-refractivity contribution in [3.8, 4) is 0 Å². The van der Waals surface area contributed by atoms with E-state index in [1.54, 1.807) is 7.05 Å². The Morgan fingerprint density at radius 2 is 2.16 bits per heavy atom. The highest BCUT2D eigenvalue weighted by atomic mass is 32.2. The molecule has 2 rings (SSSR count). The molecule has 0 aliphatic carbocycles. The maximum Gasteiger partial charge on any atom is 0.198 e. The summed E-state index contributed by atoms with van der Waals surface area (Å²) in [7, 11) is -1.24. The highest BCUT2D eigenvalue weighted by molar-refractivity contribution is 7.90. The third-order valence-electron chi connectivity index (χ3n) is 3.11. The number of benzene rings is 1. The van der Waals surface area contributed by atoms with Crippen molar-refractivity contribution in [3.63, 3.8) is 0 Å². The van der Waals surface area contributed by atoms with Gasteiger partial charge in [0.2, 0.25) is 0 Å². The molecule has 0 spiro atoms. The largest absolute Gasteiger partial charge is 0.355 e. The van der Waals surface area contributed by atoms with Crippen LogP contribution in [0.4, 0.5) is 5.69 Å². The first-order chi connectivity index (χ1) is 9.01. The molecule has 0 saturated heterocycles. The number of nitrogens with one attached hydrogen (secondary N) is 1. The highest BCUT2D eigenvalue weighted by Gasteiger charge is 2.22. The fourth-order valence-electron chi connectivity index (χ4n) is 2.20. The molecule has 1 aliphatic rings. The molecule has 5 nitrogen and oxygen atoms in total. The Labute approximate surface area is 114 Å². The van der Waals surface area contributed by atoms with E-state index in [9.17, 15) is 8.42 Å². The predicted octanol–water partition coefficient (Wildman–Crippen LogP) is 0.669. The van der Waals surface area contributed by atoms with E-state index in [1.807, 2.05) is 12.1 Å². The summed E-state index contributed by atoms with van der Waals surface area (Å²) in [5.74, 6) is 0.843. The summed E-state index contributed by atoms with van der Waals surface area (Å²) in [6, 6.07) is 8.20. The molecule has 0 saturated carbocycles. The molecule has 0 radical (unpaired) electrons. The van der Waals surface area contributed by atoms with Crippen molar-refractivity contribution in [3.05, 3.63) is 29.8 Å². The molecule has 0 amide bonds. The van der Waals surface area contributed by atoms with Crippen molar-refractivity contribution in [2.24, 2.45) is 4.99 Å². The molecule has 1 heterocycles. The van der Waals surface area contributed by atoms with Crippen molar-refractivity contribution in [2.45, 2.75) is 6.42 Å². The second kappa shape index (κ2) is 5.61. The molecule has 1 aromatic rings. The number of anilines is 1. The molecule has 0 bridgehead atoms. The molecule has 104 valence electrons. The summed E-state index contributed by atoms with van der Waals surface area (Å²) < 4.78 is 22.3. The van der Waals surface area contributed by atoms with Crippen LogP contribution in [0.1, 0.15) is 5.56 Å². The zero-order chi connectivity index (χ0) is 13.9. The van der Waals surface area contributed by atoms with Gasteiger partial charge in [0, 0.05) is 32.1 Å². The third kappa shape index (κ3) is 3.47. The molecule has 0 fully saturated rings. The number of hydrogen-bond acceptors (Lipinski definition) is 3. The van der Waals surface area contributed by atoms with Crippen LogP contribution in [0.3, 0.4) is 0 Å². The zero-order valence-corrected chi connectivity index (χ0v) is 12.1. The van der Waals surface area contributed by atoms with Crippen LogP contribution >= 0.6 is 0 Å². The maximum absolute atomic E-state index is 11.1. The minimum Gasteiger partial charge on any atom is -0.355 e. The van der Waals surface area contributed by atoms with Crippen LogP contribution in [0.5, 0.6) is 0 Å². The molecular weight excluding hydrogens is 262 g/mol. The normalized spacial score (nSPS) is 15.5. The van der Waals surface area contributed by atoms with Crippen LogP contribution in [0, 0.1) is 0 Å². The van der Waals surface area contributed by atoms with Crippen molar-refractivity contribution >= 4 is 21.5 Å². The van der Waals surface area contributed by atoms with Gasteiger partial charge in [-0.15, -0.1) is 0 Å². The van der Waals surface area contributed by atoms with Crippen LogP contribution in [-0.2, 0) is 16.3 Å². The lowest BCUT2D eigenvalue weighted by Gasteiger charge is -2.22. The van der Waals surface area contributed by atoms with Crippen molar-refractivity contribution in [2.75, 3.05) is 37.0 Å². The number of rotatable bonds is 3. The second-order valence-corrected chi connectivity index (χ2v) is 6.89. The number of aliphatic imine (C=N–C) groups is 1. The summed E-state index contributed by atoms with van der Waals surface area (Å²) in [6.45, 7) is 1.25. The van der Waals surface area contributed by atoms with E-state index < -0.39 is 9.84 Å². The van der Waals surface area contributed by atoms with Crippen LogP contribution in [-0.4, -0.2) is 46.5 Å². The van der Waals surface area contributed by atoms with Crippen LogP contribution in [0.25, 0.3) is 0 Å². The summed E-state index contributed by atoms with van der Waals surface area (Å²) in [5.41, 5.74) is 2.45. The topological polar surface area (TPSA) is 61.8 Å². The molecule has 1 N–H and O–H groups in total. The van der Waals surface area contributed by atoms with Gasteiger partial charge in [0.05, 0.1) is 5.75 Å². The van der Waals surface area contributed by atoms with E-state index in [1.165, 1.54) is 11.8 Å². The Bertz CT molecular complexity index is 581. The zero-order valence-electron chi connectivity index (χ0n) is 11.3. The van der Waals surface area contributed by atoms with E-state index in [0.717, 1.165) is 24.6 Å². The van der Waals surface area contributed by atoms with Gasteiger partial charge in [0.25, 0.3) is 0 Å². The summed E-state index contributed by atoms with van der Waals surface area (Å²) in [6.07, 6.45) is 2.23. The number of guanidine groups is 1. The number of fused-ring (bicyclic) bond motifs is 1. The van der Waals surface area contributed by atoms with Gasteiger partial charge in [-0.05, 0) is 18.1 Å². The monoisotopic (exact) mass is 281 g/mol. The first-order valence-corrected chi connectivity index (χ1v) is 8.31. The average molecular weight is 281 g/mol. The van der Waals surface area contributed by atoms with Gasteiger partial charge >= 0.3 is 0 Å². The number of sulfone groups is 1. The lowest BCUT2D eigenvalue weighted by atomic mass is 10.2. The number of hydrogen-bond donors (Lipinski definition) is 1. The van der Waals surface area contributed by atoms with Gasteiger partial charge in [-0.2, -0.15) is 0 Å². The Morgan fingerprint density at radius 1 is 1.42 bits per heavy atom. The predicted molar refractivity (Wildman–Crippen MR) is 78.6 cm³/mol. The molecule has 0 atom stereocenters. The van der Waals surface area contributed by atoms with Gasteiger partial charge in [-0.3, -0.25) is 4.99 Å². The molecule has 6 heteroatoms. The van der Waals surface area contributed by atoms with Crippen LogP contribution < -0.4 is 10.2 Å². The first kappa shape index (κ1) is 13.9. The fraction of sp³-hybridized carbons (Fsp3) is 0.462. The van der Waals surface area contributed by atoms with E-state index in [4.69, 9.17) is 0 Å². The minimum atomic E-state index is -2.95. The van der Waals surface area contributed by atoms with Gasteiger partial charge in [-0.1, -0.05) is 18.2 Å². The summed E-state index contributed by atoms with van der Waals surface area (Å²) >= 11 is 0. The number of para-hydroxylation sites is 1. The van der Waals surface area contributed by atoms with E-state index in [-0.39, 0.29) is 5.75 Å². The molecular formula is C13H19N3O2S. The van der Waals surface area contributed by atoms with Gasteiger partial charge in [-0.25, -0.2) is 8.42 Å². The van der Waals surface area contributed by atoms with E-state index in [0.29, 0.717) is 6.54 Å². The van der Waals surface area contributed by atoms with Crippen LogP contribution in [0.2, 0.25) is 0 Å². The molecule has 0 aromatic heterocycles. The first-order valence-electron chi connectivity index (χ1n) is 6.25. The number of nitrogens with zero attached hydrogens (tertiary/aromatic N) is 2. The van der Waals surface area contributed by atoms with Gasteiger partial charge in [0.1, 0.15) is 9.84 Å². The molecule has 1 aliphatic heterocycles. The molecule has 0 unspecified atom stereocenters. The highest BCUT2D eigenvalue weighted by Crippen LogP contribution is 2.27. The van der Waals surface area contributed by atoms with Crippen molar-refractivity contribution < 1.29 is 8.42 Å². The third-order valence-corrected chi connectivity index (χ3v) is 4.06. The van der Waals surface area contributed by atoms with Gasteiger partial charge < -0.3 is 10.2 Å². The molecule has 1 aromatic carbocycles. The lowest BCUT2D eigenvalue weighted by molar-refractivity contribution is 0.600. The SMILES string of the molecule is CN=C(NCCS(C)(=O)=O)N1CCc2ccccc21. The van der Waals surface area contributed by atoms with E-state index >= 15 is 0 Å². The minimum absolute atomic E-state index is 0.113.